The molecule has 0 spiro atoms. The number of rotatable bonds is 3. The molecule has 1 unspecified atom stereocenters. The first kappa shape index (κ1) is 12.6. The van der Waals surface area contributed by atoms with Gasteiger partial charge in [-0.1, -0.05) is 48.6 Å². The molecule has 0 N–H and O–H groups in total. The molecule has 2 heteroatoms. The average molecular weight is 242 g/mol. The van der Waals surface area contributed by atoms with Gasteiger partial charge in [-0.25, -0.2) is 0 Å². The summed E-state index contributed by atoms with van der Waals surface area (Å²) in [4.78, 5) is 12.2. The lowest BCUT2D eigenvalue weighted by atomic mass is 9.73. The van der Waals surface area contributed by atoms with Crippen LogP contribution in [0.2, 0.25) is 0 Å². The van der Waals surface area contributed by atoms with Crippen LogP contribution in [0, 0.1) is 5.41 Å². The zero-order chi connectivity index (χ0) is 13.0. The molecular weight excluding hydrogens is 224 g/mol. The summed E-state index contributed by atoms with van der Waals surface area (Å²) in [6.07, 6.45) is 6.72. The van der Waals surface area contributed by atoms with Gasteiger partial charge in [0.15, 0.2) is 0 Å². The van der Waals surface area contributed by atoms with Crippen molar-refractivity contribution in [2.45, 2.75) is 20.3 Å². The largest absolute Gasteiger partial charge is 0.465 e. The predicted molar refractivity (Wildman–Crippen MR) is 72.9 cm³/mol. The fourth-order valence-electron chi connectivity index (χ4n) is 2.28. The first-order chi connectivity index (χ1) is 8.68. The first-order valence-electron chi connectivity index (χ1n) is 6.28. The number of esters is 1. The lowest BCUT2D eigenvalue weighted by Crippen LogP contribution is -2.32. The second-order valence-corrected chi connectivity index (χ2v) is 4.63. The highest BCUT2D eigenvalue weighted by Crippen LogP contribution is 2.41. The van der Waals surface area contributed by atoms with Crippen molar-refractivity contribution in [3.05, 3.63) is 54.1 Å². The molecule has 2 nitrogen and oxygen atoms in total. The maximum absolute atomic E-state index is 12.2. The minimum absolute atomic E-state index is 0.149. The Morgan fingerprint density at radius 2 is 2.06 bits per heavy atom. The number of carbonyl (C=O) groups is 1. The summed E-state index contributed by atoms with van der Waals surface area (Å²) in [6.45, 7) is 4.21. The monoisotopic (exact) mass is 242 g/mol. The highest BCUT2D eigenvalue weighted by molar-refractivity contribution is 5.94. The van der Waals surface area contributed by atoms with Crippen LogP contribution in [-0.2, 0) is 9.53 Å². The van der Waals surface area contributed by atoms with Gasteiger partial charge in [0.05, 0.1) is 12.0 Å². The second-order valence-electron chi connectivity index (χ2n) is 4.63. The summed E-state index contributed by atoms with van der Waals surface area (Å²) in [5, 5.41) is 0. The molecule has 18 heavy (non-hydrogen) atoms. The molecule has 0 radical (unpaired) electrons. The van der Waals surface area contributed by atoms with E-state index in [0.29, 0.717) is 13.0 Å². The average Bonchev–Trinajstić information content (AvgIpc) is 2.40. The van der Waals surface area contributed by atoms with Crippen LogP contribution < -0.4 is 0 Å². The fraction of sp³-hybridized carbons (Fsp3) is 0.312. The maximum atomic E-state index is 12.2. The van der Waals surface area contributed by atoms with E-state index in [9.17, 15) is 4.79 Å². The second kappa shape index (κ2) is 5.21. The zero-order valence-corrected chi connectivity index (χ0v) is 10.8. The molecule has 0 heterocycles. The number of ether oxygens (including phenoxy) is 1. The van der Waals surface area contributed by atoms with Gasteiger partial charge in [0.1, 0.15) is 0 Å². The quantitative estimate of drug-likeness (QED) is 0.757. The van der Waals surface area contributed by atoms with Crippen molar-refractivity contribution in [2.75, 3.05) is 6.61 Å². The van der Waals surface area contributed by atoms with E-state index in [2.05, 4.69) is 0 Å². The van der Waals surface area contributed by atoms with E-state index in [1.165, 1.54) is 0 Å². The van der Waals surface area contributed by atoms with Crippen LogP contribution >= 0.6 is 0 Å². The molecular formula is C16H18O2. The molecule has 2 rings (SSSR count). The SMILES string of the molecule is CCOC(=O)C1(C)CC=CC=C1c1ccccc1. The van der Waals surface area contributed by atoms with Crippen LogP contribution in [0.15, 0.2) is 48.6 Å². The number of allylic oxidation sites excluding steroid dienone is 3. The zero-order valence-electron chi connectivity index (χ0n) is 10.8. The van der Waals surface area contributed by atoms with E-state index in [4.69, 9.17) is 4.74 Å². The molecule has 1 atom stereocenters. The number of benzene rings is 1. The minimum atomic E-state index is -0.577. The van der Waals surface area contributed by atoms with Crippen molar-refractivity contribution in [3.8, 4) is 0 Å². The van der Waals surface area contributed by atoms with Crippen molar-refractivity contribution < 1.29 is 9.53 Å². The Morgan fingerprint density at radius 1 is 1.33 bits per heavy atom. The molecule has 0 fully saturated rings. The molecule has 1 aromatic carbocycles. The van der Waals surface area contributed by atoms with Crippen LogP contribution in [0.25, 0.3) is 5.57 Å². The Hall–Kier alpha value is -1.83. The first-order valence-corrected chi connectivity index (χ1v) is 6.28. The molecule has 0 bridgehead atoms. The molecule has 0 aliphatic heterocycles. The van der Waals surface area contributed by atoms with Crippen molar-refractivity contribution >= 4 is 11.5 Å². The van der Waals surface area contributed by atoms with Crippen molar-refractivity contribution in [1.82, 2.24) is 0 Å². The van der Waals surface area contributed by atoms with Gasteiger partial charge in [0, 0.05) is 0 Å². The Kier molecular flexibility index (Phi) is 3.66. The van der Waals surface area contributed by atoms with E-state index in [-0.39, 0.29) is 5.97 Å². The summed E-state index contributed by atoms with van der Waals surface area (Å²) in [5.41, 5.74) is 1.54. The Balaban J connectivity index is 2.39. The van der Waals surface area contributed by atoms with Gasteiger partial charge in [-0.3, -0.25) is 4.79 Å². The molecule has 0 saturated carbocycles. The Morgan fingerprint density at radius 3 is 2.72 bits per heavy atom. The van der Waals surface area contributed by atoms with Gasteiger partial charge in [-0.05, 0) is 31.4 Å². The van der Waals surface area contributed by atoms with Gasteiger partial charge >= 0.3 is 5.97 Å². The van der Waals surface area contributed by atoms with Crippen LogP contribution in [0.5, 0.6) is 0 Å². The van der Waals surface area contributed by atoms with E-state index >= 15 is 0 Å². The van der Waals surface area contributed by atoms with E-state index in [0.717, 1.165) is 11.1 Å². The lowest BCUT2D eigenvalue weighted by Gasteiger charge is -2.31. The van der Waals surface area contributed by atoms with Gasteiger partial charge in [-0.15, -0.1) is 0 Å². The van der Waals surface area contributed by atoms with E-state index < -0.39 is 5.41 Å². The van der Waals surface area contributed by atoms with Gasteiger partial charge < -0.3 is 4.74 Å². The molecule has 1 aromatic rings. The Labute approximate surface area is 108 Å². The molecule has 1 aliphatic carbocycles. The van der Waals surface area contributed by atoms with Gasteiger partial charge in [0.25, 0.3) is 0 Å². The number of hydrogen-bond donors (Lipinski definition) is 0. The van der Waals surface area contributed by atoms with Gasteiger partial charge in [-0.2, -0.15) is 0 Å². The van der Waals surface area contributed by atoms with Crippen molar-refractivity contribution in [2.24, 2.45) is 5.41 Å². The van der Waals surface area contributed by atoms with Crippen LogP contribution in [0.4, 0.5) is 0 Å². The van der Waals surface area contributed by atoms with Crippen molar-refractivity contribution in [1.29, 1.82) is 0 Å². The summed E-state index contributed by atoms with van der Waals surface area (Å²) in [6, 6.07) is 10.0. The van der Waals surface area contributed by atoms with Gasteiger partial charge in [0.2, 0.25) is 0 Å². The highest BCUT2D eigenvalue weighted by Gasteiger charge is 2.39. The smallest absolute Gasteiger partial charge is 0.316 e. The van der Waals surface area contributed by atoms with Crippen LogP contribution in [0.1, 0.15) is 25.8 Å². The molecule has 0 saturated heterocycles. The summed E-state index contributed by atoms with van der Waals surface area (Å²) in [7, 11) is 0. The number of carbonyl (C=O) groups excluding carboxylic acids is 1. The third-order valence-electron chi connectivity index (χ3n) is 3.33. The number of hydrogen-bond acceptors (Lipinski definition) is 2. The molecule has 1 aliphatic rings. The fourth-order valence-corrected chi connectivity index (χ4v) is 2.28. The lowest BCUT2D eigenvalue weighted by molar-refractivity contribution is -0.150. The molecule has 0 aromatic heterocycles. The molecule has 0 amide bonds. The summed E-state index contributed by atoms with van der Waals surface area (Å²) >= 11 is 0. The van der Waals surface area contributed by atoms with Crippen LogP contribution in [0.3, 0.4) is 0 Å². The van der Waals surface area contributed by atoms with E-state index in [1.54, 1.807) is 0 Å². The van der Waals surface area contributed by atoms with Crippen LogP contribution in [-0.4, -0.2) is 12.6 Å². The topological polar surface area (TPSA) is 26.3 Å². The highest BCUT2D eigenvalue weighted by atomic mass is 16.5. The van der Waals surface area contributed by atoms with Crippen molar-refractivity contribution in [3.63, 3.8) is 0 Å². The third-order valence-corrected chi connectivity index (χ3v) is 3.33. The minimum Gasteiger partial charge on any atom is -0.465 e. The molecule has 94 valence electrons. The predicted octanol–water partition coefficient (Wildman–Crippen LogP) is 3.60. The summed E-state index contributed by atoms with van der Waals surface area (Å²) in [5.74, 6) is -0.149. The Bertz CT molecular complexity index is 485. The normalized spacial score (nSPS) is 22.4. The summed E-state index contributed by atoms with van der Waals surface area (Å²) < 4.78 is 5.22. The van der Waals surface area contributed by atoms with E-state index in [1.807, 2.05) is 62.4 Å². The maximum Gasteiger partial charge on any atom is 0.316 e. The third kappa shape index (κ3) is 2.23. The standard InChI is InChI=1S/C16H18O2/c1-3-18-15(17)16(2)12-8-7-11-14(16)13-9-5-4-6-10-13/h4-11H,3,12H2,1-2H3.